The van der Waals surface area contributed by atoms with E-state index in [1.807, 2.05) is 13.1 Å². The first-order chi connectivity index (χ1) is 9.65. The van der Waals surface area contributed by atoms with Gasteiger partial charge in [0.2, 0.25) is 0 Å². The summed E-state index contributed by atoms with van der Waals surface area (Å²) in [5, 5.41) is 3.22. The van der Waals surface area contributed by atoms with E-state index in [1.165, 1.54) is 0 Å². The van der Waals surface area contributed by atoms with Crippen LogP contribution in [-0.4, -0.2) is 20.1 Å². The maximum absolute atomic E-state index is 14.4. The zero-order valence-corrected chi connectivity index (χ0v) is 13.4. The molecule has 0 bridgehead atoms. The van der Waals surface area contributed by atoms with Crippen LogP contribution in [0.15, 0.2) is 18.2 Å². The van der Waals surface area contributed by atoms with Crippen molar-refractivity contribution in [1.29, 1.82) is 0 Å². The topological polar surface area (TPSA) is 15.3 Å². The van der Waals surface area contributed by atoms with Crippen molar-refractivity contribution in [2.45, 2.75) is 52.5 Å². The standard InChI is InChI=1S/C17H29FN2/c1-5-7-12-20(13-8-6-2)17-15(14(3)19-4)10-9-11-16(17)18/h9-11,14,19H,5-8,12-13H2,1-4H3. The second-order valence-corrected chi connectivity index (χ2v) is 5.38. The van der Waals surface area contributed by atoms with Crippen molar-refractivity contribution < 1.29 is 4.39 Å². The summed E-state index contributed by atoms with van der Waals surface area (Å²) in [5.74, 6) is -0.100. The Balaban J connectivity index is 3.08. The van der Waals surface area contributed by atoms with Gasteiger partial charge in [-0.15, -0.1) is 0 Å². The molecule has 1 unspecified atom stereocenters. The van der Waals surface area contributed by atoms with Gasteiger partial charge < -0.3 is 10.2 Å². The maximum atomic E-state index is 14.4. The minimum absolute atomic E-state index is 0.100. The number of rotatable bonds is 9. The third-order valence-electron chi connectivity index (χ3n) is 3.80. The number of hydrogen-bond donors (Lipinski definition) is 1. The lowest BCUT2D eigenvalue weighted by molar-refractivity contribution is 0.586. The summed E-state index contributed by atoms with van der Waals surface area (Å²) in [6, 6.07) is 5.57. The van der Waals surface area contributed by atoms with E-state index in [1.54, 1.807) is 12.1 Å². The summed E-state index contributed by atoms with van der Waals surface area (Å²) >= 11 is 0. The van der Waals surface area contributed by atoms with Crippen molar-refractivity contribution in [1.82, 2.24) is 5.32 Å². The number of unbranched alkanes of at least 4 members (excludes halogenated alkanes) is 2. The minimum atomic E-state index is -0.100. The first-order valence-corrected chi connectivity index (χ1v) is 7.86. The Morgan fingerprint density at radius 3 is 2.25 bits per heavy atom. The first-order valence-electron chi connectivity index (χ1n) is 7.86. The second kappa shape index (κ2) is 8.96. The van der Waals surface area contributed by atoms with Crippen LogP contribution >= 0.6 is 0 Å². The van der Waals surface area contributed by atoms with E-state index in [0.29, 0.717) is 0 Å². The number of hydrogen-bond acceptors (Lipinski definition) is 2. The molecule has 1 aromatic rings. The number of nitrogens with zero attached hydrogens (tertiary/aromatic N) is 1. The predicted molar refractivity (Wildman–Crippen MR) is 85.9 cm³/mol. The van der Waals surface area contributed by atoms with E-state index in [9.17, 15) is 4.39 Å². The zero-order valence-electron chi connectivity index (χ0n) is 13.4. The monoisotopic (exact) mass is 280 g/mol. The maximum Gasteiger partial charge on any atom is 0.146 e. The summed E-state index contributed by atoms with van der Waals surface area (Å²) in [7, 11) is 1.92. The molecule has 1 atom stereocenters. The third kappa shape index (κ3) is 4.48. The van der Waals surface area contributed by atoms with Gasteiger partial charge in [-0.25, -0.2) is 4.39 Å². The Morgan fingerprint density at radius 1 is 1.15 bits per heavy atom. The number of nitrogens with one attached hydrogen (secondary N) is 1. The van der Waals surface area contributed by atoms with Crippen LogP contribution in [0.5, 0.6) is 0 Å². The van der Waals surface area contributed by atoms with E-state index in [4.69, 9.17) is 0 Å². The Hall–Kier alpha value is -1.09. The van der Waals surface area contributed by atoms with E-state index in [-0.39, 0.29) is 11.9 Å². The average molecular weight is 280 g/mol. The molecule has 20 heavy (non-hydrogen) atoms. The molecule has 1 rings (SSSR count). The molecule has 0 heterocycles. The van der Waals surface area contributed by atoms with Gasteiger partial charge >= 0.3 is 0 Å². The van der Waals surface area contributed by atoms with Crippen molar-refractivity contribution in [2.24, 2.45) is 0 Å². The first kappa shape index (κ1) is 17.0. The summed E-state index contributed by atoms with van der Waals surface area (Å²) in [6.45, 7) is 8.30. The molecule has 0 saturated carbocycles. The largest absolute Gasteiger partial charge is 0.369 e. The fraction of sp³-hybridized carbons (Fsp3) is 0.647. The van der Waals surface area contributed by atoms with Crippen LogP contribution in [0.3, 0.4) is 0 Å². The Kier molecular flexibility index (Phi) is 7.60. The molecule has 0 aliphatic heterocycles. The van der Waals surface area contributed by atoms with Gasteiger partial charge in [-0.05, 0) is 38.4 Å². The number of anilines is 1. The van der Waals surface area contributed by atoms with Gasteiger partial charge in [0, 0.05) is 19.1 Å². The zero-order chi connectivity index (χ0) is 15.0. The van der Waals surface area contributed by atoms with E-state index >= 15 is 0 Å². The Bertz CT molecular complexity index is 385. The highest BCUT2D eigenvalue weighted by atomic mass is 19.1. The van der Waals surface area contributed by atoms with E-state index in [2.05, 4.69) is 31.0 Å². The molecule has 114 valence electrons. The average Bonchev–Trinajstić information content (AvgIpc) is 2.47. The smallest absolute Gasteiger partial charge is 0.146 e. The van der Waals surface area contributed by atoms with Gasteiger partial charge in [0.05, 0.1) is 5.69 Å². The van der Waals surface area contributed by atoms with E-state index in [0.717, 1.165) is 50.0 Å². The highest BCUT2D eigenvalue weighted by molar-refractivity contribution is 5.56. The molecule has 1 aromatic carbocycles. The lowest BCUT2D eigenvalue weighted by Crippen LogP contribution is -2.29. The summed E-state index contributed by atoms with van der Waals surface area (Å²) in [4.78, 5) is 2.23. The van der Waals surface area contributed by atoms with Crippen LogP contribution in [0.1, 0.15) is 58.1 Å². The Morgan fingerprint density at radius 2 is 1.75 bits per heavy atom. The molecular formula is C17H29FN2. The number of halogens is 1. The highest BCUT2D eigenvalue weighted by Crippen LogP contribution is 2.30. The van der Waals surface area contributed by atoms with Gasteiger partial charge in [-0.1, -0.05) is 38.8 Å². The lowest BCUT2D eigenvalue weighted by atomic mass is 10.0. The number of benzene rings is 1. The molecule has 0 aliphatic rings. The molecule has 1 N–H and O–H groups in total. The van der Waals surface area contributed by atoms with Gasteiger partial charge in [0.25, 0.3) is 0 Å². The normalized spacial score (nSPS) is 12.4. The van der Waals surface area contributed by atoms with E-state index < -0.39 is 0 Å². The molecule has 0 amide bonds. The van der Waals surface area contributed by atoms with Crippen LogP contribution in [0, 0.1) is 5.82 Å². The van der Waals surface area contributed by atoms with Crippen LogP contribution in [0.2, 0.25) is 0 Å². The van der Waals surface area contributed by atoms with Crippen molar-refractivity contribution in [3.8, 4) is 0 Å². The van der Waals surface area contributed by atoms with Gasteiger partial charge in [-0.3, -0.25) is 0 Å². The molecule has 0 aliphatic carbocycles. The summed E-state index contributed by atoms with van der Waals surface area (Å²) in [5.41, 5.74) is 1.84. The van der Waals surface area contributed by atoms with Crippen molar-refractivity contribution in [3.63, 3.8) is 0 Å². The molecular weight excluding hydrogens is 251 g/mol. The fourth-order valence-electron chi connectivity index (χ4n) is 2.40. The summed E-state index contributed by atoms with van der Waals surface area (Å²) in [6.07, 6.45) is 4.47. The van der Waals surface area contributed by atoms with Crippen LogP contribution < -0.4 is 10.2 Å². The Labute approximate surface area is 123 Å². The quantitative estimate of drug-likeness (QED) is 0.716. The second-order valence-electron chi connectivity index (χ2n) is 5.38. The molecule has 0 aromatic heterocycles. The molecule has 0 radical (unpaired) electrons. The lowest BCUT2D eigenvalue weighted by Gasteiger charge is -2.29. The highest BCUT2D eigenvalue weighted by Gasteiger charge is 2.18. The molecule has 3 heteroatoms. The SMILES string of the molecule is CCCCN(CCCC)c1c(F)cccc1C(C)NC. The van der Waals surface area contributed by atoms with Crippen molar-refractivity contribution in [3.05, 3.63) is 29.6 Å². The van der Waals surface area contributed by atoms with Gasteiger partial charge in [-0.2, -0.15) is 0 Å². The van der Waals surface area contributed by atoms with Crippen LogP contribution in [0.25, 0.3) is 0 Å². The van der Waals surface area contributed by atoms with Crippen molar-refractivity contribution in [2.75, 3.05) is 25.0 Å². The molecule has 0 spiro atoms. The fourth-order valence-corrected chi connectivity index (χ4v) is 2.40. The van der Waals surface area contributed by atoms with Crippen LogP contribution in [0.4, 0.5) is 10.1 Å². The molecule has 2 nitrogen and oxygen atoms in total. The minimum Gasteiger partial charge on any atom is -0.369 e. The van der Waals surface area contributed by atoms with Gasteiger partial charge in [0.1, 0.15) is 5.82 Å². The van der Waals surface area contributed by atoms with Crippen molar-refractivity contribution >= 4 is 5.69 Å². The third-order valence-corrected chi connectivity index (χ3v) is 3.80. The molecule has 0 saturated heterocycles. The van der Waals surface area contributed by atoms with Gasteiger partial charge in [0.15, 0.2) is 0 Å². The summed E-state index contributed by atoms with van der Waals surface area (Å²) < 4.78 is 14.4. The number of para-hydroxylation sites is 1. The predicted octanol–water partition coefficient (Wildman–Crippen LogP) is 4.51. The molecule has 0 fully saturated rings. The van der Waals surface area contributed by atoms with Crippen LogP contribution in [-0.2, 0) is 0 Å².